The van der Waals surface area contributed by atoms with Crippen LogP contribution in [0.3, 0.4) is 0 Å². The number of nitrogens with one attached hydrogen (secondary N) is 1. The second-order valence-electron chi connectivity index (χ2n) is 8.24. The number of carbonyl (C=O) groups excluding carboxylic acids is 2. The number of nitro benzene ring substituents is 1. The maximum Gasteiger partial charge on any atom is 0.313 e. The molecular weight excluding hydrogens is 472 g/mol. The lowest BCUT2D eigenvalue weighted by molar-refractivity contribution is -0.385. The molecule has 1 aliphatic rings. The van der Waals surface area contributed by atoms with E-state index >= 15 is 0 Å². The molecule has 10 heteroatoms. The van der Waals surface area contributed by atoms with Crippen LogP contribution < -0.4 is 10.1 Å². The summed E-state index contributed by atoms with van der Waals surface area (Å²) < 4.78 is 5.64. The molecule has 9 nitrogen and oxygen atoms in total. The van der Waals surface area contributed by atoms with Crippen LogP contribution in [-0.4, -0.2) is 39.7 Å². The number of pyridine rings is 1. The van der Waals surface area contributed by atoms with Crippen LogP contribution in [0.4, 0.5) is 11.5 Å². The topological polar surface area (TPSA) is 115 Å². The minimum absolute atomic E-state index is 0.0477. The van der Waals surface area contributed by atoms with Crippen LogP contribution in [0.25, 0.3) is 0 Å². The van der Waals surface area contributed by atoms with Gasteiger partial charge < -0.3 is 15.0 Å². The minimum Gasteiger partial charge on any atom is -0.450 e. The Morgan fingerprint density at radius 3 is 2.69 bits per heavy atom. The molecule has 4 rings (SSSR count). The first kappa shape index (κ1) is 24.2. The van der Waals surface area contributed by atoms with E-state index in [9.17, 15) is 19.7 Å². The number of anilines is 1. The van der Waals surface area contributed by atoms with Gasteiger partial charge in [0.05, 0.1) is 10.8 Å². The highest BCUT2D eigenvalue weighted by atomic mass is 35.5. The Labute approximate surface area is 206 Å². The van der Waals surface area contributed by atoms with E-state index in [0.717, 1.165) is 5.56 Å². The van der Waals surface area contributed by atoms with Crippen molar-refractivity contribution in [2.24, 2.45) is 5.92 Å². The molecule has 1 aliphatic heterocycles. The predicted molar refractivity (Wildman–Crippen MR) is 131 cm³/mol. The number of aromatic nitrogens is 1. The number of amides is 2. The minimum atomic E-state index is -0.572. The molecule has 0 radical (unpaired) electrons. The molecule has 3 aromatic rings. The summed E-state index contributed by atoms with van der Waals surface area (Å²) in [5.74, 6) is 0.234. The van der Waals surface area contributed by atoms with Gasteiger partial charge >= 0.3 is 5.69 Å². The Hall–Kier alpha value is -3.98. The number of nitrogens with zero attached hydrogens (tertiary/aromatic N) is 3. The number of rotatable bonds is 6. The summed E-state index contributed by atoms with van der Waals surface area (Å²) in [6, 6.07) is 14.2. The van der Waals surface area contributed by atoms with Crippen molar-refractivity contribution in [3.8, 4) is 11.5 Å². The van der Waals surface area contributed by atoms with Crippen molar-refractivity contribution in [3.05, 3.63) is 87.1 Å². The van der Waals surface area contributed by atoms with Gasteiger partial charge in [0.15, 0.2) is 0 Å². The fraction of sp³-hybridized carbons (Fsp3) is 0.240. The summed E-state index contributed by atoms with van der Waals surface area (Å²) in [6.07, 6.45) is 3.03. The average molecular weight is 495 g/mol. The molecule has 0 saturated carbocycles. The molecule has 35 heavy (non-hydrogen) atoms. The van der Waals surface area contributed by atoms with Gasteiger partial charge in [-0.2, -0.15) is 0 Å². The van der Waals surface area contributed by atoms with Crippen molar-refractivity contribution in [3.63, 3.8) is 0 Å². The molecule has 1 unspecified atom stereocenters. The lowest BCUT2D eigenvalue weighted by Crippen LogP contribution is -2.43. The van der Waals surface area contributed by atoms with E-state index < -0.39 is 4.92 Å². The Balaban J connectivity index is 1.41. The monoisotopic (exact) mass is 494 g/mol. The van der Waals surface area contributed by atoms with Gasteiger partial charge in [-0.05, 0) is 67.8 Å². The highest BCUT2D eigenvalue weighted by molar-refractivity contribution is 6.30. The highest BCUT2D eigenvalue weighted by Crippen LogP contribution is 2.33. The quantitative estimate of drug-likeness (QED) is 0.370. The third-order valence-corrected chi connectivity index (χ3v) is 6.01. The van der Waals surface area contributed by atoms with E-state index in [1.165, 1.54) is 18.2 Å². The van der Waals surface area contributed by atoms with Gasteiger partial charge in [0.1, 0.15) is 11.6 Å². The molecule has 0 aliphatic carbocycles. The summed E-state index contributed by atoms with van der Waals surface area (Å²) >= 11 is 5.84. The molecule has 2 amide bonds. The summed E-state index contributed by atoms with van der Waals surface area (Å²) in [6.45, 7) is 2.74. The van der Waals surface area contributed by atoms with Crippen LogP contribution in [0.1, 0.15) is 28.8 Å². The summed E-state index contributed by atoms with van der Waals surface area (Å²) in [5, 5.41) is 14.4. The van der Waals surface area contributed by atoms with E-state index in [0.29, 0.717) is 43.1 Å². The Kier molecular flexibility index (Phi) is 7.26. The van der Waals surface area contributed by atoms with Crippen LogP contribution in [-0.2, 0) is 4.79 Å². The maximum atomic E-state index is 13.1. The van der Waals surface area contributed by atoms with Gasteiger partial charge in [0, 0.05) is 35.9 Å². The number of benzene rings is 2. The number of hydrogen-bond acceptors (Lipinski definition) is 6. The smallest absolute Gasteiger partial charge is 0.313 e. The van der Waals surface area contributed by atoms with Gasteiger partial charge in [0.2, 0.25) is 11.7 Å². The van der Waals surface area contributed by atoms with E-state index in [2.05, 4.69) is 10.3 Å². The predicted octanol–water partition coefficient (Wildman–Crippen LogP) is 5.23. The zero-order valence-electron chi connectivity index (χ0n) is 18.9. The number of carbonyl (C=O) groups is 2. The third kappa shape index (κ3) is 5.75. The van der Waals surface area contributed by atoms with Crippen LogP contribution in [0.5, 0.6) is 11.5 Å². The number of piperidine rings is 1. The Morgan fingerprint density at radius 2 is 1.97 bits per heavy atom. The van der Waals surface area contributed by atoms with Crippen LogP contribution in [0.2, 0.25) is 5.02 Å². The molecule has 1 fully saturated rings. The number of likely N-dealkylation sites (tertiary alicyclic amines) is 1. The summed E-state index contributed by atoms with van der Waals surface area (Å²) in [7, 11) is 0. The first-order valence-electron chi connectivity index (χ1n) is 11.1. The normalized spacial score (nSPS) is 15.4. The van der Waals surface area contributed by atoms with Crippen LogP contribution in [0, 0.1) is 23.0 Å². The van der Waals surface area contributed by atoms with Gasteiger partial charge in [0.25, 0.3) is 5.91 Å². The van der Waals surface area contributed by atoms with Gasteiger partial charge in [-0.25, -0.2) is 4.98 Å². The van der Waals surface area contributed by atoms with Crippen LogP contribution in [0.15, 0.2) is 60.8 Å². The van der Waals surface area contributed by atoms with E-state index in [1.54, 1.807) is 41.4 Å². The summed E-state index contributed by atoms with van der Waals surface area (Å²) in [4.78, 5) is 42.4. The SMILES string of the molecule is Cc1cccnc1NC(=O)C1CCCN(C(=O)c2ccc(Oc3ccc(Cl)cc3[N+](=O)[O-])cc2)C1. The fourth-order valence-electron chi connectivity index (χ4n) is 3.91. The first-order chi connectivity index (χ1) is 16.8. The molecule has 2 aromatic carbocycles. The summed E-state index contributed by atoms with van der Waals surface area (Å²) in [5.41, 5.74) is 1.05. The average Bonchev–Trinajstić information content (AvgIpc) is 2.86. The third-order valence-electron chi connectivity index (χ3n) is 5.78. The standard InChI is InChI=1S/C25H23ClN4O5/c1-16-4-2-12-27-23(16)28-24(31)18-5-3-13-29(15-18)25(32)17-6-9-20(10-7-17)35-22-11-8-19(26)14-21(22)30(33)34/h2,4,6-12,14,18H,3,5,13,15H2,1H3,(H,27,28,31). The second-order valence-corrected chi connectivity index (χ2v) is 8.68. The highest BCUT2D eigenvalue weighted by Gasteiger charge is 2.29. The van der Waals surface area contributed by atoms with Crippen molar-refractivity contribution in [1.82, 2.24) is 9.88 Å². The van der Waals surface area contributed by atoms with Crippen molar-refractivity contribution >= 4 is 34.9 Å². The van der Waals surface area contributed by atoms with Crippen molar-refractivity contribution in [2.45, 2.75) is 19.8 Å². The van der Waals surface area contributed by atoms with E-state index in [4.69, 9.17) is 16.3 Å². The van der Waals surface area contributed by atoms with Gasteiger partial charge in [-0.15, -0.1) is 0 Å². The van der Waals surface area contributed by atoms with Gasteiger partial charge in [-0.1, -0.05) is 17.7 Å². The van der Waals surface area contributed by atoms with E-state index in [1.807, 2.05) is 13.0 Å². The first-order valence-corrected chi connectivity index (χ1v) is 11.4. The van der Waals surface area contributed by atoms with E-state index in [-0.39, 0.29) is 34.2 Å². The number of ether oxygens (including phenoxy) is 1. The van der Waals surface area contributed by atoms with Crippen molar-refractivity contribution in [2.75, 3.05) is 18.4 Å². The number of halogens is 1. The molecule has 1 saturated heterocycles. The van der Waals surface area contributed by atoms with Crippen molar-refractivity contribution in [1.29, 1.82) is 0 Å². The van der Waals surface area contributed by atoms with Crippen molar-refractivity contribution < 1.29 is 19.2 Å². The molecule has 0 bridgehead atoms. The molecule has 1 atom stereocenters. The maximum absolute atomic E-state index is 13.1. The molecule has 0 spiro atoms. The largest absolute Gasteiger partial charge is 0.450 e. The number of aryl methyl sites for hydroxylation is 1. The zero-order chi connectivity index (χ0) is 24.9. The zero-order valence-corrected chi connectivity index (χ0v) is 19.7. The fourth-order valence-corrected chi connectivity index (χ4v) is 4.07. The van der Waals surface area contributed by atoms with Gasteiger partial charge in [-0.3, -0.25) is 19.7 Å². The lowest BCUT2D eigenvalue weighted by atomic mass is 9.96. The molecule has 180 valence electrons. The number of nitro groups is 1. The number of hydrogen-bond donors (Lipinski definition) is 1. The molecule has 1 N–H and O–H groups in total. The van der Waals surface area contributed by atoms with Crippen LogP contribution >= 0.6 is 11.6 Å². The molecule has 2 heterocycles. The lowest BCUT2D eigenvalue weighted by Gasteiger charge is -2.32. The Bertz CT molecular complexity index is 1260. The molecule has 1 aromatic heterocycles. The Morgan fingerprint density at radius 1 is 1.20 bits per heavy atom. The second kappa shape index (κ2) is 10.5. The molecular formula is C25H23ClN4O5.